The average Bonchev–Trinajstić information content (AvgIpc) is 2.90. The standard InChI is InChI=1S/C18H24N2O2S/c1-14-8-9-16(23-14)13-20(11-10-19(2)3)12-15-6-4-5-7-17(15)18(21)22/h4-9H,10-13H2,1-3H3,(H,21,22). The molecule has 0 aliphatic carbocycles. The number of aromatic carboxylic acids is 1. The molecule has 4 nitrogen and oxygen atoms in total. The summed E-state index contributed by atoms with van der Waals surface area (Å²) >= 11 is 1.80. The van der Waals surface area contributed by atoms with Crippen LogP contribution < -0.4 is 0 Å². The molecule has 2 aromatic rings. The minimum atomic E-state index is -0.861. The van der Waals surface area contributed by atoms with Crippen LogP contribution in [0.15, 0.2) is 36.4 Å². The second kappa shape index (κ2) is 8.24. The highest BCUT2D eigenvalue weighted by molar-refractivity contribution is 7.11. The lowest BCUT2D eigenvalue weighted by atomic mass is 10.1. The molecule has 5 heteroatoms. The minimum absolute atomic E-state index is 0.393. The summed E-state index contributed by atoms with van der Waals surface area (Å²) in [5, 5.41) is 9.37. The molecule has 0 aliphatic heterocycles. The summed E-state index contributed by atoms with van der Waals surface area (Å²) in [6.07, 6.45) is 0. The van der Waals surface area contributed by atoms with Crippen LogP contribution in [0.25, 0.3) is 0 Å². The number of carboxylic acids is 1. The van der Waals surface area contributed by atoms with E-state index in [1.54, 1.807) is 23.5 Å². The number of aryl methyl sites for hydroxylation is 1. The van der Waals surface area contributed by atoms with Crippen molar-refractivity contribution >= 4 is 17.3 Å². The number of hydrogen-bond donors (Lipinski definition) is 1. The predicted octanol–water partition coefficient (Wildman–Crippen LogP) is 3.32. The van der Waals surface area contributed by atoms with Gasteiger partial charge in [0, 0.05) is 35.9 Å². The lowest BCUT2D eigenvalue weighted by Crippen LogP contribution is -2.31. The molecule has 0 radical (unpaired) electrons. The van der Waals surface area contributed by atoms with Gasteiger partial charge in [-0.2, -0.15) is 0 Å². The maximum absolute atomic E-state index is 11.4. The van der Waals surface area contributed by atoms with Crippen molar-refractivity contribution in [1.82, 2.24) is 9.80 Å². The zero-order valence-corrected chi connectivity index (χ0v) is 14.8. The van der Waals surface area contributed by atoms with Crippen molar-refractivity contribution < 1.29 is 9.90 Å². The number of carboxylic acid groups (broad SMARTS) is 1. The van der Waals surface area contributed by atoms with Crippen LogP contribution in [-0.4, -0.2) is 48.1 Å². The highest BCUT2D eigenvalue weighted by atomic mass is 32.1. The third kappa shape index (κ3) is 5.46. The Kier molecular flexibility index (Phi) is 6.33. The first-order chi connectivity index (χ1) is 11.0. The van der Waals surface area contributed by atoms with Crippen LogP contribution in [0.3, 0.4) is 0 Å². The number of likely N-dealkylation sites (N-methyl/N-ethyl adjacent to an activating group) is 1. The molecule has 124 valence electrons. The number of benzene rings is 1. The quantitative estimate of drug-likeness (QED) is 0.805. The van der Waals surface area contributed by atoms with E-state index in [2.05, 4.69) is 43.0 Å². The molecule has 2 rings (SSSR count). The largest absolute Gasteiger partial charge is 0.478 e. The third-order valence-electron chi connectivity index (χ3n) is 3.68. The Morgan fingerprint density at radius 2 is 1.83 bits per heavy atom. The van der Waals surface area contributed by atoms with E-state index in [1.165, 1.54) is 9.75 Å². The molecule has 0 saturated heterocycles. The topological polar surface area (TPSA) is 43.8 Å². The lowest BCUT2D eigenvalue weighted by molar-refractivity contribution is 0.0694. The SMILES string of the molecule is Cc1ccc(CN(CCN(C)C)Cc2ccccc2C(=O)O)s1. The van der Waals surface area contributed by atoms with Gasteiger partial charge >= 0.3 is 5.97 Å². The van der Waals surface area contributed by atoms with Crippen molar-refractivity contribution in [2.75, 3.05) is 27.2 Å². The number of nitrogens with zero attached hydrogens (tertiary/aromatic N) is 2. The van der Waals surface area contributed by atoms with Crippen LogP contribution in [-0.2, 0) is 13.1 Å². The number of hydrogen-bond acceptors (Lipinski definition) is 4. The number of rotatable bonds is 8. The number of thiophene rings is 1. The van der Waals surface area contributed by atoms with E-state index < -0.39 is 5.97 Å². The van der Waals surface area contributed by atoms with Crippen molar-refractivity contribution in [3.8, 4) is 0 Å². The van der Waals surface area contributed by atoms with E-state index in [0.29, 0.717) is 12.1 Å². The Balaban J connectivity index is 2.15. The van der Waals surface area contributed by atoms with Gasteiger partial charge in [-0.3, -0.25) is 4.90 Å². The van der Waals surface area contributed by atoms with Crippen molar-refractivity contribution in [3.63, 3.8) is 0 Å². The lowest BCUT2D eigenvalue weighted by Gasteiger charge is -2.24. The average molecular weight is 332 g/mol. The van der Waals surface area contributed by atoms with Gasteiger partial charge in [-0.25, -0.2) is 4.79 Å². The van der Waals surface area contributed by atoms with E-state index >= 15 is 0 Å². The van der Waals surface area contributed by atoms with Crippen molar-refractivity contribution in [3.05, 3.63) is 57.3 Å². The summed E-state index contributed by atoms with van der Waals surface area (Å²) in [6, 6.07) is 11.6. The van der Waals surface area contributed by atoms with Gasteiger partial charge in [0.25, 0.3) is 0 Å². The fourth-order valence-corrected chi connectivity index (χ4v) is 3.39. The van der Waals surface area contributed by atoms with Gasteiger partial charge in [-0.15, -0.1) is 11.3 Å². The molecule has 0 saturated carbocycles. The smallest absolute Gasteiger partial charge is 0.336 e. The summed E-state index contributed by atoms with van der Waals surface area (Å²) in [6.45, 7) is 5.45. The minimum Gasteiger partial charge on any atom is -0.478 e. The molecular formula is C18H24N2O2S. The molecule has 0 atom stereocenters. The number of carbonyl (C=O) groups is 1. The van der Waals surface area contributed by atoms with Crippen LogP contribution in [0.1, 0.15) is 25.7 Å². The van der Waals surface area contributed by atoms with Gasteiger partial charge in [-0.05, 0) is 44.8 Å². The maximum Gasteiger partial charge on any atom is 0.336 e. The van der Waals surface area contributed by atoms with Gasteiger partial charge < -0.3 is 10.0 Å². The first kappa shape index (κ1) is 17.7. The maximum atomic E-state index is 11.4. The first-order valence-corrected chi connectivity index (χ1v) is 8.51. The van der Waals surface area contributed by atoms with E-state index in [-0.39, 0.29) is 0 Å². The molecule has 0 amide bonds. The molecule has 0 aliphatic rings. The Morgan fingerprint density at radius 1 is 1.09 bits per heavy atom. The monoisotopic (exact) mass is 332 g/mol. The van der Waals surface area contributed by atoms with Gasteiger partial charge in [0.15, 0.2) is 0 Å². The zero-order valence-electron chi connectivity index (χ0n) is 14.0. The fourth-order valence-electron chi connectivity index (χ4n) is 2.45. The molecular weight excluding hydrogens is 308 g/mol. The molecule has 1 heterocycles. The van der Waals surface area contributed by atoms with E-state index in [4.69, 9.17) is 0 Å². The summed E-state index contributed by atoms with van der Waals surface area (Å²) in [5.41, 5.74) is 1.26. The molecule has 0 spiro atoms. The van der Waals surface area contributed by atoms with Crippen LogP contribution in [0.4, 0.5) is 0 Å². The van der Waals surface area contributed by atoms with E-state index in [0.717, 1.165) is 25.2 Å². The molecule has 0 bridgehead atoms. The van der Waals surface area contributed by atoms with E-state index in [9.17, 15) is 9.90 Å². The molecule has 0 fully saturated rings. The molecule has 0 unspecified atom stereocenters. The molecule has 23 heavy (non-hydrogen) atoms. The highest BCUT2D eigenvalue weighted by Crippen LogP contribution is 2.19. The second-order valence-corrected chi connectivity index (χ2v) is 7.36. The van der Waals surface area contributed by atoms with Crippen LogP contribution >= 0.6 is 11.3 Å². The highest BCUT2D eigenvalue weighted by Gasteiger charge is 2.14. The molecule has 1 aromatic carbocycles. The summed E-state index contributed by atoms with van der Waals surface area (Å²) in [4.78, 5) is 18.5. The van der Waals surface area contributed by atoms with Gasteiger partial charge in [0.05, 0.1) is 5.56 Å². The summed E-state index contributed by atoms with van der Waals surface area (Å²) < 4.78 is 0. The first-order valence-electron chi connectivity index (χ1n) is 7.69. The summed E-state index contributed by atoms with van der Waals surface area (Å²) in [7, 11) is 4.11. The fraction of sp³-hybridized carbons (Fsp3) is 0.389. The van der Waals surface area contributed by atoms with Crippen molar-refractivity contribution in [2.24, 2.45) is 0 Å². The van der Waals surface area contributed by atoms with Gasteiger partial charge in [-0.1, -0.05) is 18.2 Å². The Bertz CT molecular complexity index is 652. The third-order valence-corrected chi connectivity index (χ3v) is 4.67. The Hall–Kier alpha value is -1.69. The zero-order chi connectivity index (χ0) is 16.8. The Morgan fingerprint density at radius 3 is 2.43 bits per heavy atom. The van der Waals surface area contributed by atoms with Crippen LogP contribution in [0, 0.1) is 6.92 Å². The van der Waals surface area contributed by atoms with Crippen LogP contribution in [0.5, 0.6) is 0 Å². The van der Waals surface area contributed by atoms with Gasteiger partial charge in [0.2, 0.25) is 0 Å². The predicted molar refractivity (Wildman–Crippen MR) is 95.1 cm³/mol. The molecule has 1 N–H and O–H groups in total. The Labute approximate surface area is 142 Å². The van der Waals surface area contributed by atoms with Crippen molar-refractivity contribution in [2.45, 2.75) is 20.0 Å². The van der Waals surface area contributed by atoms with Crippen molar-refractivity contribution in [1.29, 1.82) is 0 Å². The summed E-state index contributed by atoms with van der Waals surface area (Å²) in [5.74, 6) is -0.861. The second-order valence-electron chi connectivity index (χ2n) is 5.99. The normalized spacial score (nSPS) is 11.3. The van der Waals surface area contributed by atoms with Crippen LogP contribution in [0.2, 0.25) is 0 Å². The van der Waals surface area contributed by atoms with Gasteiger partial charge in [0.1, 0.15) is 0 Å². The molecule has 1 aromatic heterocycles. The van der Waals surface area contributed by atoms with E-state index in [1.807, 2.05) is 12.1 Å².